The highest BCUT2D eigenvalue weighted by molar-refractivity contribution is 7.17. The minimum Gasteiger partial charge on any atom is -0.453 e. The lowest BCUT2D eigenvalue weighted by Crippen LogP contribution is -2.35. The third kappa shape index (κ3) is 4.20. The van der Waals surface area contributed by atoms with Gasteiger partial charge in [-0.05, 0) is 29.5 Å². The minimum absolute atomic E-state index is 0.253. The molecule has 0 fully saturated rings. The van der Waals surface area contributed by atoms with Crippen molar-refractivity contribution in [3.8, 4) is 0 Å². The van der Waals surface area contributed by atoms with E-state index < -0.39 is 6.09 Å². The fraction of sp³-hybridized carbons (Fsp3) is 0.278. The van der Waals surface area contributed by atoms with E-state index in [0.717, 1.165) is 15.3 Å². The van der Waals surface area contributed by atoms with Crippen LogP contribution in [0.1, 0.15) is 25.7 Å². The molecule has 3 heterocycles. The molecule has 2 N–H and O–H groups in total. The van der Waals surface area contributed by atoms with Crippen LogP contribution >= 0.6 is 22.7 Å². The van der Waals surface area contributed by atoms with Gasteiger partial charge in [0.15, 0.2) is 0 Å². The first-order valence-corrected chi connectivity index (χ1v) is 9.95. The van der Waals surface area contributed by atoms with E-state index in [4.69, 9.17) is 4.74 Å². The summed E-state index contributed by atoms with van der Waals surface area (Å²) in [6, 6.07) is 3.82. The normalized spacial score (nSPS) is 13.3. The molecule has 0 aromatic carbocycles. The molecule has 1 aliphatic rings. The van der Waals surface area contributed by atoms with Gasteiger partial charge in [0.05, 0.1) is 19.2 Å². The van der Waals surface area contributed by atoms with Crippen LogP contribution in [0, 0.1) is 0 Å². The van der Waals surface area contributed by atoms with Gasteiger partial charge in [-0.15, -0.1) is 22.7 Å². The lowest BCUT2D eigenvalue weighted by molar-refractivity contribution is -0.111. The zero-order valence-electron chi connectivity index (χ0n) is 14.9. The molecule has 0 bridgehead atoms. The summed E-state index contributed by atoms with van der Waals surface area (Å²) < 4.78 is 4.78. The minimum atomic E-state index is -0.403. The van der Waals surface area contributed by atoms with Gasteiger partial charge in [0.25, 0.3) is 5.91 Å². The molecule has 0 aliphatic carbocycles. The highest BCUT2D eigenvalue weighted by Crippen LogP contribution is 2.37. The van der Waals surface area contributed by atoms with E-state index in [9.17, 15) is 14.4 Å². The van der Waals surface area contributed by atoms with Gasteiger partial charge < -0.3 is 20.3 Å². The van der Waals surface area contributed by atoms with Gasteiger partial charge in [-0.3, -0.25) is 9.59 Å². The molecular weight excluding hydrogens is 386 g/mol. The Morgan fingerprint density at radius 1 is 1.33 bits per heavy atom. The average Bonchev–Trinajstić information content (AvgIpc) is 3.31. The monoisotopic (exact) mass is 405 g/mol. The summed E-state index contributed by atoms with van der Waals surface area (Å²) in [6.07, 6.45) is 3.30. The lowest BCUT2D eigenvalue weighted by atomic mass is 10.0. The molecule has 9 heteroatoms. The summed E-state index contributed by atoms with van der Waals surface area (Å²) in [7, 11) is 2.89. The molecule has 0 radical (unpaired) electrons. The van der Waals surface area contributed by atoms with Gasteiger partial charge in [-0.1, -0.05) is 6.07 Å². The third-order valence-corrected chi connectivity index (χ3v) is 6.09. The average molecular weight is 406 g/mol. The first kappa shape index (κ1) is 19.1. The second-order valence-corrected chi connectivity index (χ2v) is 7.85. The molecule has 7 nitrogen and oxygen atoms in total. The molecular formula is C18H19N3O4S2. The molecule has 142 valence electrons. The number of nitrogens with one attached hydrogen (secondary N) is 2. The van der Waals surface area contributed by atoms with Gasteiger partial charge in [0.1, 0.15) is 5.00 Å². The van der Waals surface area contributed by atoms with Gasteiger partial charge in [-0.25, -0.2) is 4.79 Å². The molecule has 0 unspecified atom stereocenters. The van der Waals surface area contributed by atoms with E-state index in [-0.39, 0.29) is 11.8 Å². The fourth-order valence-electron chi connectivity index (χ4n) is 2.84. The SMILES string of the molecule is CNC(=O)c1c(NC(=O)/C=C/c2cccs2)sc2c1CCN(C(=O)OC)C2. The molecule has 0 saturated heterocycles. The summed E-state index contributed by atoms with van der Waals surface area (Å²) in [5.74, 6) is -0.562. The second kappa shape index (κ2) is 8.36. The quantitative estimate of drug-likeness (QED) is 0.766. The number of fused-ring (bicyclic) bond motifs is 1. The van der Waals surface area contributed by atoms with E-state index >= 15 is 0 Å². The van der Waals surface area contributed by atoms with E-state index in [1.54, 1.807) is 18.0 Å². The van der Waals surface area contributed by atoms with Crippen molar-refractivity contribution in [1.29, 1.82) is 0 Å². The Hall–Kier alpha value is -2.65. The van der Waals surface area contributed by atoms with Crippen LogP contribution in [0.3, 0.4) is 0 Å². The summed E-state index contributed by atoms with van der Waals surface area (Å²) in [5, 5.41) is 7.86. The molecule has 3 rings (SSSR count). The van der Waals surface area contributed by atoms with E-state index in [2.05, 4.69) is 10.6 Å². The van der Waals surface area contributed by atoms with Crippen LogP contribution < -0.4 is 10.6 Å². The second-order valence-electron chi connectivity index (χ2n) is 5.77. The summed E-state index contributed by atoms with van der Waals surface area (Å²) in [6.45, 7) is 0.823. The first-order valence-electron chi connectivity index (χ1n) is 8.25. The van der Waals surface area contributed by atoms with Crippen molar-refractivity contribution in [2.24, 2.45) is 0 Å². The number of ether oxygens (including phenoxy) is 1. The molecule has 3 amide bonds. The maximum absolute atomic E-state index is 12.4. The smallest absolute Gasteiger partial charge is 0.409 e. The Morgan fingerprint density at radius 3 is 2.81 bits per heavy atom. The van der Waals surface area contributed by atoms with Crippen molar-refractivity contribution in [3.05, 3.63) is 44.5 Å². The molecule has 1 aliphatic heterocycles. The summed E-state index contributed by atoms with van der Waals surface area (Å²) in [4.78, 5) is 39.9. The number of methoxy groups -OCH3 is 1. The zero-order valence-corrected chi connectivity index (χ0v) is 16.5. The summed E-state index contributed by atoms with van der Waals surface area (Å²) in [5.41, 5.74) is 1.34. The standard InChI is InChI=1S/C18H19N3O4S2/c1-19-16(23)15-12-7-8-21(18(24)25-2)10-13(12)27-17(15)20-14(22)6-5-11-4-3-9-26-11/h3-6,9H,7-8,10H2,1-2H3,(H,19,23)(H,20,22)/b6-5+. The molecule has 27 heavy (non-hydrogen) atoms. The Morgan fingerprint density at radius 2 is 2.15 bits per heavy atom. The van der Waals surface area contributed by atoms with Gasteiger partial charge >= 0.3 is 6.09 Å². The lowest BCUT2D eigenvalue weighted by Gasteiger charge is -2.25. The fourth-order valence-corrected chi connectivity index (χ4v) is 4.72. The summed E-state index contributed by atoms with van der Waals surface area (Å²) >= 11 is 2.85. The largest absolute Gasteiger partial charge is 0.453 e. The van der Waals surface area contributed by atoms with Gasteiger partial charge in [-0.2, -0.15) is 0 Å². The van der Waals surface area contributed by atoms with Gasteiger partial charge in [0, 0.05) is 29.4 Å². The number of hydrogen-bond acceptors (Lipinski definition) is 6. The van der Waals surface area contributed by atoms with Crippen molar-refractivity contribution in [2.75, 3.05) is 26.0 Å². The Kier molecular flexibility index (Phi) is 5.92. The van der Waals surface area contributed by atoms with Crippen LogP contribution in [0.25, 0.3) is 6.08 Å². The molecule has 2 aromatic rings. The third-order valence-electron chi connectivity index (χ3n) is 4.12. The topological polar surface area (TPSA) is 87.7 Å². The molecule has 2 aromatic heterocycles. The van der Waals surface area contributed by atoms with Crippen LogP contribution in [-0.4, -0.2) is 43.5 Å². The van der Waals surface area contributed by atoms with Crippen molar-refractivity contribution in [2.45, 2.75) is 13.0 Å². The van der Waals surface area contributed by atoms with E-state index in [1.807, 2.05) is 17.5 Å². The zero-order chi connectivity index (χ0) is 19.4. The maximum atomic E-state index is 12.4. The first-order chi connectivity index (χ1) is 13.0. The van der Waals surface area contributed by atoms with Crippen molar-refractivity contribution >= 4 is 51.7 Å². The highest BCUT2D eigenvalue weighted by atomic mass is 32.1. The van der Waals surface area contributed by atoms with Crippen LogP contribution in [-0.2, 0) is 22.5 Å². The highest BCUT2D eigenvalue weighted by Gasteiger charge is 2.30. The number of anilines is 1. The van der Waals surface area contributed by atoms with Crippen LogP contribution in [0.4, 0.5) is 9.80 Å². The number of carbonyl (C=O) groups is 3. The Bertz CT molecular complexity index is 887. The number of carbonyl (C=O) groups excluding carboxylic acids is 3. The predicted molar refractivity (Wildman–Crippen MR) is 106 cm³/mol. The number of hydrogen-bond donors (Lipinski definition) is 2. The van der Waals surface area contributed by atoms with Crippen molar-refractivity contribution in [3.63, 3.8) is 0 Å². The van der Waals surface area contributed by atoms with Crippen LogP contribution in [0.15, 0.2) is 23.6 Å². The molecule has 0 saturated carbocycles. The van der Waals surface area contributed by atoms with Crippen molar-refractivity contribution < 1.29 is 19.1 Å². The predicted octanol–water partition coefficient (Wildman–Crippen LogP) is 2.95. The maximum Gasteiger partial charge on any atom is 0.409 e. The van der Waals surface area contributed by atoms with Crippen molar-refractivity contribution in [1.82, 2.24) is 10.2 Å². The van der Waals surface area contributed by atoms with E-state index in [0.29, 0.717) is 30.1 Å². The Balaban J connectivity index is 1.84. The number of nitrogens with zero attached hydrogens (tertiary/aromatic N) is 1. The molecule has 0 atom stereocenters. The van der Waals surface area contributed by atoms with Crippen LogP contribution in [0.5, 0.6) is 0 Å². The van der Waals surface area contributed by atoms with E-state index in [1.165, 1.54) is 35.9 Å². The molecule has 0 spiro atoms. The van der Waals surface area contributed by atoms with Gasteiger partial charge in [0.2, 0.25) is 5.91 Å². The van der Waals surface area contributed by atoms with Crippen LogP contribution in [0.2, 0.25) is 0 Å². The number of rotatable bonds is 4. The number of amides is 3. The Labute approximate surface area is 164 Å². The number of thiophene rings is 2.